The number of aromatic nitrogens is 2. The maximum absolute atomic E-state index is 11.5. The summed E-state index contributed by atoms with van der Waals surface area (Å²) >= 11 is 0. The van der Waals surface area contributed by atoms with Crippen LogP contribution >= 0.6 is 0 Å². The van der Waals surface area contributed by atoms with Gasteiger partial charge in [-0.3, -0.25) is 5.32 Å². The van der Waals surface area contributed by atoms with E-state index in [1.54, 1.807) is 30.5 Å². The number of carbonyl (C=O) groups is 1. The van der Waals surface area contributed by atoms with Crippen LogP contribution < -0.4 is 10.6 Å². The smallest absolute Gasteiger partial charge is 0.308 e. The fraction of sp³-hybridized carbons (Fsp3) is 0. The molecule has 0 aliphatic carbocycles. The van der Waals surface area contributed by atoms with Crippen molar-refractivity contribution < 1.29 is 4.79 Å². The summed E-state index contributed by atoms with van der Waals surface area (Å²) in [6, 6.07) is 12.2. The number of carbonyl (C=O) groups excluding carboxylic acids is 1. The van der Waals surface area contributed by atoms with E-state index in [0.29, 0.717) is 5.82 Å². The Morgan fingerprint density at radius 3 is 2.50 bits per heavy atom. The lowest BCUT2D eigenvalue weighted by Gasteiger charge is -2.05. The van der Waals surface area contributed by atoms with Crippen LogP contribution in [0.2, 0.25) is 0 Å². The first-order valence-electron chi connectivity index (χ1n) is 4.75. The topological polar surface area (TPSA) is 66.9 Å². The van der Waals surface area contributed by atoms with Gasteiger partial charge in [-0.2, -0.15) is 5.10 Å². The maximum atomic E-state index is 11.5. The highest BCUT2D eigenvalue weighted by Gasteiger charge is 2.02. The van der Waals surface area contributed by atoms with Gasteiger partial charge in [0.15, 0.2) is 5.82 Å². The first-order chi connectivity index (χ1) is 7.84. The zero-order chi connectivity index (χ0) is 11.2. The number of hydrogen-bond donors (Lipinski definition) is 2. The Bertz CT molecular complexity index is 414. The van der Waals surface area contributed by atoms with Crippen molar-refractivity contribution in [2.75, 3.05) is 10.6 Å². The monoisotopic (exact) mass is 214 g/mol. The van der Waals surface area contributed by atoms with Crippen LogP contribution in [0.15, 0.2) is 48.7 Å². The molecule has 0 unspecified atom stereocenters. The largest absolute Gasteiger partial charge is 0.324 e. The van der Waals surface area contributed by atoms with E-state index in [0.717, 1.165) is 5.69 Å². The first-order valence-corrected chi connectivity index (χ1v) is 4.75. The molecule has 2 N–H and O–H groups in total. The van der Waals surface area contributed by atoms with Crippen molar-refractivity contribution in [2.24, 2.45) is 0 Å². The minimum atomic E-state index is -0.341. The van der Waals surface area contributed by atoms with Gasteiger partial charge in [0.2, 0.25) is 0 Å². The second-order valence-corrected chi connectivity index (χ2v) is 3.05. The van der Waals surface area contributed by atoms with Crippen LogP contribution in [-0.4, -0.2) is 16.2 Å². The first kappa shape index (κ1) is 10.1. The molecule has 0 atom stereocenters. The molecule has 0 bridgehead atoms. The van der Waals surface area contributed by atoms with Crippen molar-refractivity contribution >= 4 is 17.5 Å². The molecule has 0 saturated carbocycles. The average Bonchev–Trinajstić information content (AvgIpc) is 2.31. The average molecular weight is 214 g/mol. The van der Waals surface area contributed by atoms with E-state index in [4.69, 9.17) is 0 Å². The highest BCUT2D eigenvalue weighted by atomic mass is 16.2. The maximum Gasteiger partial charge on any atom is 0.324 e. The van der Waals surface area contributed by atoms with E-state index in [-0.39, 0.29) is 6.03 Å². The second-order valence-electron chi connectivity index (χ2n) is 3.05. The molecule has 0 radical (unpaired) electrons. The third-order valence-corrected chi connectivity index (χ3v) is 1.85. The number of benzene rings is 1. The van der Waals surface area contributed by atoms with E-state index in [1.165, 1.54) is 0 Å². The number of nitrogens with zero attached hydrogens (tertiary/aromatic N) is 2. The molecule has 5 nitrogen and oxygen atoms in total. The van der Waals surface area contributed by atoms with Crippen LogP contribution in [-0.2, 0) is 0 Å². The number of anilines is 2. The predicted octanol–water partition coefficient (Wildman–Crippen LogP) is 2.12. The number of nitrogens with one attached hydrogen (secondary N) is 2. The van der Waals surface area contributed by atoms with Crippen LogP contribution in [0.3, 0.4) is 0 Å². The van der Waals surface area contributed by atoms with Gasteiger partial charge in [0, 0.05) is 11.9 Å². The van der Waals surface area contributed by atoms with Crippen LogP contribution in [0.25, 0.3) is 0 Å². The van der Waals surface area contributed by atoms with Gasteiger partial charge in [-0.25, -0.2) is 4.79 Å². The molecule has 5 heteroatoms. The molecule has 1 heterocycles. The van der Waals surface area contributed by atoms with Gasteiger partial charge >= 0.3 is 6.03 Å². The highest BCUT2D eigenvalue weighted by Crippen LogP contribution is 2.06. The Labute approximate surface area is 92.5 Å². The standard InChI is InChI=1S/C11H10N4O/c16-11(13-9-5-2-1-3-6-9)14-10-7-4-8-12-15-10/h1-8H,(H2,13,14,15,16). The number of amides is 2. The van der Waals surface area contributed by atoms with Crippen molar-refractivity contribution in [3.63, 3.8) is 0 Å². The van der Waals surface area contributed by atoms with Gasteiger partial charge in [-0.05, 0) is 24.3 Å². The van der Waals surface area contributed by atoms with E-state index in [1.807, 2.05) is 18.2 Å². The summed E-state index contributed by atoms with van der Waals surface area (Å²) in [5.41, 5.74) is 0.726. The lowest BCUT2D eigenvalue weighted by Crippen LogP contribution is -2.20. The molecule has 0 saturated heterocycles. The van der Waals surface area contributed by atoms with Gasteiger partial charge in [0.25, 0.3) is 0 Å². The Kier molecular flexibility index (Phi) is 3.08. The number of para-hydroxylation sites is 1. The zero-order valence-electron chi connectivity index (χ0n) is 8.42. The van der Waals surface area contributed by atoms with Gasteiger partial charge < -0.3 is 5.32 Å². The van der Waals surface area contributed by atoms with Gasteiger partial charge in [0.1, 0.15) is 0 Å². The molecule has 1 aromatic heterocycles. The van der Waals surface area contributed by atoms with Crippen molar-refractivity contribution in [1.82, 2.24) is 10.2 Å². The molecule has 16 heavy (non-hydrogen) atoms. The third-order valence-electron chi connectivity index (χ3n) is 1.85. The summed E-state index contributed by atoms with van der Waals surface area (Å²) in [4.78, 5) is 11.5. The molecule has 1 aromatic carbocycles. The van der Waals surface area contributed by atoms with Crippen LogP contribution in [0.1, 0.15) is 0 Å². The summed E-state index contributed by atoms with van der Waals surface area (Å²) in [6.07, 6.45) is 1.54. The summed E-state index contributed by atoms with van der Waals surface area (Å²) in [7, 11) is 0. The van der Waals surface area contributed by atoms with E-state index in [9.17, 15) is 4.79 Å². The summed E-state index contributed by atoms with van der Waals surface area (Å²) in [6.45, 7) is 0. The van der Waals surface area contributed by atoms with Crippen molar-refractivity contribution in [2.45, 2.75) is 0 Å². The van der Waals surface area contributed by atoms with Crippen LogP contribution in [0.4, 0.5) is 16.3 Å². The van der Waals surface area contributed by atoms with E-state index >= 15 is 0 Å². The number of urea groups is 1. The van der Waals surface area contributed by atoms with Crippen molar-refractivity contribution in [3.8, 4) is 0 Å². The van der Waals surface area contributed by atoms with Crippen LogP contribution in [0, 0.1) is 0 Å². The van der Waals surface area contributed by atoms with E-state index in [2.05, 4.69) is 20.8 Å². The molecular weight excluding hydrogens is 204 g/mol. The zero-order valence-corrected chi connectivity index (χ0v) is 8.42. The van der Waals surface area contributed by atoms with Gasteiger partial charge in [-0.15, -0.1) is 5.10 Å². The van der Waals surface area contributed by atoms with Crippen molar-refractivity contribution in [1.29, 1.82) is 0 Å². The summed E-state index contributed by atoms with van der Waals surface area (Å²) < 4.78 is 0. The number of hydrogen-bond acceptors (Lipinski definition) is 3. The normalized spacial score (nSPS) is 9.50. The van der Waals surface area contributed by atoms with E-state index < -0.39 is 0 Å². The molecule has 0 aliphatic heterocycles. The number of rotatable bonds is 2. The fourth-order valence-corrected chi connectivity index (χ4v) is 1.17. The molecule has 0 spiro atoms. The fourth-order valence-electron chi connectivity index (χ4n) is 1.17. The second kappa shape index (κ2) is 4.88. The minimum absolute atomic E-state index is 0.341. The Morgan fingerprint density at radius 2 is 1.81 bits per heavy atom. The predicted molar refractivity (Wildman–Crippen MR) is 61.1 cm³/mol. The molecule has 2 aromatic rings. The van der Waals surface area contributed by atoms with Gasteiger partial charge in [-0.1, -0.05) is 18.2 Å². The van der Waals surface area contributed by atoms with Crippen LogP contribution in [0.5, 0.6) is 0 Å². The molecule has 80 valence electrons. The van der Waals surface area contributed by atoms with Gasteiger partial charge in [0.05, 0.1) is 0 Å². The SMILES string of the molecule is O=C(Nc1ccccc1)Nc1cccnn1. The molecular formula is C11H10N4O. The summed E-state index contributed by atoms with van der Waals surface area (Å²) in [5.74, 6) is 0.413. The molecule has 2 rings (SSSR count). The molecule has 0 aliphatic rings. The summed E-state index contributed by atoms with van der Waals surface area (Å²) in [5, 5.41) is 12.6. The lowest BCUT2D eigenvalue weighted by atomic mass is 10.3. The highest BCUT2D eigenvalue weighted by molar-refractivity contribution is 5.98. The molecule has 0 fully saturated rings. The quantitative estimate of drug-likeness (QED) is 0.804. The third kappa shape index (κ3) is 2.78. The Balaban J connectivity index is 1.95. The van der Waals surface area contributed by atoms with Crippen molar-refractivity contribution in [3.05, 3.63) is 48.7 Å². The minimum Gasteiger partial charge on any atom is -0.308 e. The molecule has 2 amide bonds. The lowest BCUT2D eigenvalue weighted by molar-refractivity contribution is 0.262. The Hall–Kier alpha value is -2.43. The Morgan fingerprint density at radius 1 is 1.00 bits per heavy atom.